The highest BCUT2D eigenvalue weighted by atomic mass is 16.2. The molecule has 2 fully saturated rings. The third-order valence-electron chi connectivity index (χ3n) is 10.1. The number of carbonyl (C=O) groups excluding carboxylic acids is 4. The van der Waals surface area contributed by atoms with Gasteiger partial charge in [0.1, 0.15) is 17.6 Å². The summed E-state index contributed by atoms with van der Waals surface area (Å²) in [7, 11) is 0. The second-order valence-electron chi connectivity index (χ2n) is 14.3. The monoisotopic (exact) mass is 644 g/mol. The number of hydrogen-bond acceptors (Lipinski definition) is 7. The summed E-state index contributed by atoms with van der Waals surface area (Å²) in [5, 5.41) is 17.3. The van der Waals surface area contributed by atoms with Crippen molar-refractivity contribution in [2.24, 2.45) is 23.5 Å². The number of Topliss-reactive ketones (excluding diaryl/α,β-unsaturated/α-hetero) is 3. The van der Waals surface area contributed by atoms with Crippen LogP contribution in [0.5, 0.6) is 0 Å². The van der Waals surface area contributed by atoms with Gasteiger partial charge in [0.25, 0.3) is 0 Å². The van der Waals surface area contributed by atoms with E-state index in [4.69, 9.17) is 11.1 Å². The molecule has 4 unspecified atom stereocenters. The number of nitrogens with one attached hydrogen (secondary N) is 4. The number of nitrogens with two attached hydrogens (primary N) is 1. The maximum absolute atomic E-state index is 14.0. The molecule has 0 aliphatic heterocycles. The van der Waals surface area contributed by atoms with Gasteiger partial charge in [-0.05, 0) is 57.8 Å². The molecule has 262 valence electrons. The summed E-state index contributed by atoms with van der Waals surface area (Å²) in [5.41, 5.74) is 6.21. The highest BCUT2D eigenvalue weighted by molar-refractivity contribution is 5.92. The molecule has 0 aromatic heterocycles. The van der Waals surface area contributed by atoms with E-state index in [0.29, 0.717) is 43.2 Å². The number of amidine groups is 1. The second kappa shape index (κ2) is 22.1. The number of amides is 1. The topological polar surface area (TPSA) is 154 Å². The zero-order valence-corrected chi connectivity index (χ0v) is 29.2. The van der Waals surface area contributed by atoms with Crippen LogP contribution in [0.1, 0.15) is 149 Å². The molecule has 2 aliphatic rings. The zero-order chi connectivity index (χ0) is 33.9. The third kappa shape index (κ3) is 15.8. The molecule has 0 heterocycles. The van der Waals surface area contributed by atoms with E-state index in [2.05, 4.69) is 29.5 Å². The fourth-order valence-corrected chi connectivity index (χ4v) is 7.27. The minimum absolute atomic E-state index is 0.0556. The molecule has 6 N–H and O–H groups in total. The van der Waals surface area contributed by atoms with E-state index in [9.17, 15) is 19.2 Å². The number of ketones is 3. The van der Waals surface area contributed by atoms with Gasteiger partial charge >= 0.3 is 0 Å². The standard InChI is InChI=1S/C37H65N5O4/c1-5-6-20-32(35(45)25-40-33(28(4)44)23-29-15-9-7-10-16-29)42-37(46)34(24-30-17-11-8-12-18-30)41-27(3)31(22-26(2)43)19-13-14-21-36(38)39/h29-34,40-41H,3,5-25H2,1-2,4H3,(H3,38,39)(H,42,46). The third-order valence-corrected chi connectivity index (χ3v) is 10.1. The molecule has 2 rings (SSSR count). The van der Waals surface area contributed by atoms with Crippen molar-refractivity contribution < 1.29 is 19.2 Å². The lowest BCUT2D eigenvalue weighted by Gasteiger charge is -2.31. The molecule has 2 saturated carbocycles. The number of rotatable bonds is 24. The quantitative estimate of drug-likeness (QED) is 0.0471. The Kier molecular flexibility index (Phi) is 19.0. The highest BCUT2D eigenvalue weighted by Gasteiger charge is 2.30. The van der Waals surface area contributed by atoms with Gasteiger partial charge in [-0.1, -0.05) is 97.0 Å². The maximum atomic E-state index is 14.0. The van der Waals surface area contributed by atoms with Gasteiger partial charge in [-0.25, -0.2) is 0 Å². The van der Waals surface area contributed by atoms with Crippen molar-refractivity contribution in [2.75, 3.05) is 6.54 Å². The van der Waals surface area contributed by atoms with Gasteiger partial charge < -0.3 is 26.5 Å². The molecule has 0 spiro atoms. The Hall–Kier alpha value is -2.55. The minimum atomic E-state index is -0.634. The number of carbonyl (C=O) groups is 4. The fraction of sp³-hybridized carbons (Fsp3) is 0.811. The Morgan fingerprint density at radius 1 is 0.804 bits per heavy atom. The van der Waals surface area contributed by atoms with E-state index in [1.54, 1.807) is 13.8 Å². The van der Waals surface area contributed by atoms with E-state index < -0.39 is 12.1 Å². The van der Waals surface area contributed by atoms with Crippen LogP contribution in [0.2, 0.25) is 0 Å². The van der Waals surface area contributed by atoms with E-state index in [1.165, 1.54) is 25.7 Å². The van der Waals surface area contributed by atoms with Crippen LogP contribution < -0.4 is 21.7 Å². The Morgan fingerprint density at radius 2 is 1.39 bits per heavy atom. The van der Waals surface area contributed by atoms with Gasteiger partial charge in [-0.3, -0.25) is 19.8 Å². The number of allylic oxidation sites excluding steroid dienone is 1. The maximum Gasteiger partial charge on any atom is 0.243 e. The first-order chi connectivity index (χ1) is 22.0. The van der Waals surface area contributed by atoms with Gasteiger partial charge in [0.15, 0.2) is 5.78 Å². The van der Waals surface area contributed by atoms with Crippen LogP contribution in [-0.4, -0.2) is 53.8 Å². The first kappa shape index (κ1) is 39.6. The summed E-state index contributed by atoms with van der Waals surface area (Å²) in [5.74, 6) is 0.794. The molecule has 46 heavy (non-hydrogen) atoms. The summed E-state index contributed by atoms with van der Waals surface area (Å²) in [6.07, 6.45) is 18.5. The molecule has 9 heteroatoms. The summed E-state index contributed by atoms with van der Waals surface area (Å²) in [6.45, 7) is 9.59. The average Bonchev–Trinajstić information content (AvgIpc) is 3.02. The van der Waals surface area contributed by atoms with Crippen LogP contribution in [0, 0.1) is 23.2 Å². The highest BCUT2D eigenvalue weighted by Crippen LogP contribution is 2.29. The van der Waals surface area contributed by atoms with Gasteiger partial charge in [0.2, 0.25) is 5.91 Å². The molecule has 9 nitrogen and oxygen atoms in total. The Morgan fingerprint density at radius 3 is 1.91 bits per heavy atom. The van der Waals surface area contributed by atoms with Gasteiger partial charge in [-0.2, -0.15) is 0 Å². The average molecular weight is 644 g/mol. The SMILES string of the molecule is C=C(NC(CC1CCCCC1)C(=O)NC(CCCC)C(=O)CNC(CC1CCCCC1)C(C)=O)C(CCCCC(=N)N)CC(C)=O. The molecular formula is C37H65N5O4. The molecule has 0 saturated heterocycles. The largest absolute Gasteiger partial charge is 0.388 e. The molecule has 0 bridgehead atoms. The molecule has 4 atom stereocenters. The summed E-state index contributed by atoms with van der Waals surface area (Å²) >= 11 is 0. The van der Waals surface area contributed by atoms with Crippen LogP contribution in [-0.2, 0) is 19.2 Å². The van der Waals surface area contributed by atoms with Gasteiger partial charge in [0, 0.05) is 24.5 Å². The smallest absolute Gasteiger partial charge is 0.243 e. The van der Waals surface area contributed by atoms with Crippen LogP contribution in [0.4, 0.5) is 0 Å². The summed E-state index contributed by atoms with van der Waals surface area (Å²) < 4.78 is 0. The van der Waals surface area contributed by atoms with E-state index in [0.717, 1.165) is 77.0 Å². The normalized spacial score (nSPS) is 18.6. The molecule has 2 aliphatic carbocycles. The molecule has 0 aromatic rings. The van der Waals surface area contributed by atoms with Crippen molar-refractivity contribution >= 4 is 29.1 Å². The first-order valence-electron chi connectivity index (χ1n) is 18.3. The Labute approximate surface area is 278 Å². The van der Waals surface area contributed by atoms with Crippen molar-refractivity contribution in [1.82, 2.24) is 16.0 Å². The van der Waals surface area contributed by atoms with E-state index in [-0.39, 0.29) is 47.6 Å². The van der Waals surface area contributed by atoms with Crippen LogP contribution in [0.25, 0.3) is 0 Å². The fourth-order valence-electron chi connectivity index (χ4n) is 7.27. The predicted octanol–water partition coefficient (Wildman–Crippen LogP) is 6.28. The molecular weight excluding hydrogens is 578 g/mol. The number of unbranched alkanes of at least 4 members (excludes halogenated alkanes) is 2. The van der Waals surface area contributed by atoms with Crippen molar-refractivity contribution in [3.8, 4) is 0 Å². The lowest BCUT2D eigenvalue weighted by molar-refractivity contribution is -0.129. The van der Waals surface area contributed by atoms with Crippen LogP contribution >= 0.6 is 0 Å². The molecule has 0 radical (unpaired) electrons. The second-order valence-corrected chi connectivity index (χ2v) is 14.3. The van der Waals surface area contributed by atoms with Gasteiger partial charge in [0.05, 0.1) is 24.5 Å². The Bertz CT molecular complexity index is 986. The van der Waals surface area contributed by atoms with Gasteiger partial charge in [-0.15, -0.1) is 0 Å². The molecule has 0 aromatic carbocycles. The lowest BCUT2D eigenvalue weighted by Crippen LogP contribution is -2.53. The predicted molar refractivity (Wildman–Crippen MR) is 187 cm³/mol. The zero-order valence-electron chi connectivity index (χ0n) is 29.2. The van der Waals surface area contributed by atoms with Crippen molar-refractivity contribution in [3.63, 3.8) is 0 Å². The summed E-state index contributed by atoms with van der Waals surface area (Å²) in [4.78, 5) is 52.2. The summed E-state index contributed by atoms with van der Waals surface area (Å²) in [6, 6.07) is -1.53. The lowest BCUT2D eigenvalue weighted by atomic mass is 9.84. The van der Waals surface area contributed by atoms with Crippen LogP contribution in [0.15, 0.2) is 12.3 Å². The molecule has 1 amide bonds. The van der Waals surface area contributed by atoms with Crippen molar-refractivity contribution in [1.29, 1.82) is 5.41 Å². The van der Waals surface area contributed by atoms with E-state index in [1.807, 2.05) is 0 Å². The first-order valence-corrected chi connectivity index (χ1v) is 18.3. The number of hydrogen-bond donors (Lipinski definition) is 5. The minimum Gasteiger partial charge on any atom is -0.388 e. The van der Waals surface area contributed by atoms with E-state index >= 15 is 0 Å². The van der Waals surface area contributed by atoms with Crippen molar-refractivity contribution in [3.05, 3.63) is 12.3 Å². The Balaban J connectivity index is 2.13. The van der Waals surface area contributed by atoms with Crippen LogP contribution in [0.3, 0.4) is 0 Å². The van der Waals surface area contributed by atoms with Crippen molar-refractivity contribution in [2.45, 2.75) is 167 Å².